The first-order valence-electron chi connectivity index (χ1n) is 8.33. The van der Waals surface area contributed by atoms with Crippen molar-refractivity contribution in [2.24, 2.45) is 0 Å². The van der Waals surface area contributed by atoms with Crippen molar-refractivity contribution < 1.29 is 39.5 Å². The van der Waals surface area contributed by atoms with Gasteiger partial charge < -0.3 is 10.1 Å². The number of benzene rings is 1. The average Bonchev–Trinajstić information content (AvgIpc) is 2.60. The largest absolute Gasteiger partial charge is 0.489 e. The van der Waals surface area contributed by atoms with E-state index < -0.39 is 39.4 Å². The third kappa shape index (κ3) is 7.04. The number of hydrogen-bond acceptors (Lipinski definition) is 6. The monoisotopic (exact) mass is 457 g/mol. The lowest BCUT2D eigenvalue weighted by Gasteiger charge is -2.19. The van der Waals surface area contributed by atoms with Crippen molar-refractivity contribution in [3.05, 3.63) is 47.3 Å². The molecule has 1 aromatic heterocycles. The molecule has 2 rings (SSSR count). The number of anilines is 1. The van der Waals surface area contributed by atoms with Crippen LogP contribution in [0.2, 0.25) is 0 Å². The second kappa shape index (κ2) is 8.66. The zero-order chi connectivity index (χ0) is 22.7. The molecule has 0 aliphatic heterocycles. The van der Waals surface area contributed by atoms with Gasteiger partial charge in [-0.2, -0.15) is 26.3 Å². The summed E-state index contributed by atoms with van der Waals surface area (Å²) in [5, 5.41) is 2.61. The van der Waals surface area contributed by atoms with Gasteiger partial charge in [-0.1, -0.05) is 0 Å². The molecule has 0 saturated heterocycles. The maximum atomic E-state index is 13.0. The Kier molecular flexibility index (Phi) is 6.84. The van der Waals surface area contributed by atoms with Crippen molar-refractivity contribution in [1.29, 1.82) is 0 Å². The summed E-state index contributed by atoms with van der Waals surface area (Å²) in [6, 6.07) is 0.311. The molecule has 0 spiro atoms. The fraction of sp³-hybridized carbons (Fsp3) is 0.412. The van der Waals surface area contributed by atoms with Crippen molar-refractivity contribution in [2.75, 3.05) is 23.9 Å². The lowest BCUT2D eigenvalue weighted by Crippen LogP contribution is -2.15. The van der Waals surface area contributed by atoms with Crippen LogP contribution in [0.25, 0.3) is 0 Å². The van der Waals surface area contributed by atoms with E-state index in [1.165, 1.54) is 19.3 Å². The lowest BCUT2D eigenvalue weighted by atomic mass is 10.0. The Hall–Kier alpha value is -2.57. The van der Waals surface area contributed by atoms with Gasteiger partial charge in [0.05, 0.1) is 35.3 Å². The van der Waals surface area contributed by atoms with Crippen molar-refractivity contribution in [1.82, 2.24) is 9.97 Å². The number of rotatable bonds is 7. The van der Waals surface area contributed by atoms with E-state index in [9.17, 15) is 34.8 Å². The van der Waals surface area contributed by atoms with Crippen LogP contribution in [0, 0.1) is 0 Å². The molecule has 30 heavy (non-hydrogen) atoms. The van der Waals surface area contributed by atoms with E-state index in [1.807, 2.05) is 0 Å². The summed E-state index contributed by atoms with van der Waals surface area (Å²) in [5.41, 5.74) is -3.10. The Bertz CT molecular complexity index is 943. The van der Waals surface area contributed by atoms with Crippen LogP contribution in [-0.4, -0.2) is 37.0 Å². The van der Waals surface area contributed by atoms with E-state index in [2.05, 4.69) is 15.3 Å². The van der Waals surface area contributed by atoms with E-state index >= 15 is 0 Å². The van der Waals surface area contributed by atoms with Gasteiger partial charge in [-0.25, -0.2) is 18.4 Å². The zero-order valence-corrected chi connectivity index (χ0v) is 16.5. The molecule has 1 atom stereocenters. The van der Waals surface area contributed by atoms with Gasteiger partial charge in [0.1, 0.15) is 6.61 Å². The third-order valence-corrected chi connectivity index (χ3v) is 4.71. The summed E-state index contributed by atoms with van der Waals surface area (Å²) in [6.45, 7) is 1.23. The zero-order valence-electron chi connectivity index (χ0n) is 15.7. The first kappa shape index (κ1) is 23.7. The van der Waals surface area contributed by atoms with Crippen LogP contribution in [0.3, 0.4) is 0 Å². The predicted octanol–water partition coefficient (Wildman–Crippen LogP) is 4.11. The molecule has 0 radical (unpaired) electrons. The molecule has 1 heterocycles. The summed E-state index contributed by atoms with van der Waals surface area (Å²) < 4.78 is 105. The number of hydrogen-bond donors (Lipinski definition) is 1. The SMILES string of the molecule is C[C@H](Nc1ncc(OCCS(C)(=O)=O)cn1)c1cc(C(F)(F)F)cc(C(F)(F)F)c1. The maximum Gasteiger partial charge on any atom is 0.416 e. The van der Waals surface area contributed by atoms with Gasteiger partial charge in [-0.3, -0.25) is 0 Å². The van der Waals surface area contributed by atoms with Crippen molar-refractivity contribution in [3.8, 4) is 5.75 Å². The smallest absolute Gasteiger partial charge is 0.416 e. The molecule has 166 valence electrons. The topological polar surface area (TPSA) is 81.2 Å². The number of sulfone groups is 1. The molecule has 1 N–H and O–H groups in total. The Morgan fingerprint density at radius 3 is 1.93 bits per heavy atom. The standard InChI is InChI=1S/C17H17F6N3O3S/c1-10(11-5-12(16(18,19)20)7-13(6-11)17(21,22)23)26-15-24-8-14(9-25-15)29-3-4-30(2,27)28/h5-10H,3-4H2,1-2H3,(H,24,25,26)/t10-/m0/s1. The van der Waals surface area contributed by atoms with Crippen LogP contribution in [0.5, 0.6) is 5.75 Å². The summed E-state index contributed by atoms with van der Waals surface area (Å²) in [7, 11) is -3.22. The lowest BCUT2D eigenvalue weighted by molar-refractivity contribution is -0.143. The number of nitrogens with zero attached hydrogens (tertiary/aromatic N) is 2. The fourth-order valence-electron chi connectivity index (χ4n) is 2.28. The molecule has 2 aromatic rings. The van der Waals surface area contributed by atoms with Crippen LogP contribution in [0.1, 0.15) is 29.7 Å². The molecular formula is C17H17F6N3O3S. The molecule has 0 bridgehead atoms. The minimum Gasteiger partial charge on any atom is -0.489 e. The van der Waals surface area contributed by atoms with E-state index in [0.717, 1.165) is 6.26 Å². The average molecular weight is 457 g/mol. The molecule has 6 nitrogen and oxygen atoms in total. The van der Waals surface area contributed by atoms with E-state index in [0.29, 0.717) is 12.1 Å². The quantitative estimate of drug-likeness (QED) is 0.631. The minimum absolute atomic E-state index is 0.0509. The Labute approximate surface area is 168 Å². The van der Waals surface area contributed by atoms with Crippen molar-refractivity contribution >= 4 is 15.8 Å². The highest BCUT2D eigenvalue weighted by atomic mass is 32.2. The van der Waals surface area contributed by atoms with Gasteiger partial charge in [-0.15, -0.1) is 0 Å². The summed E-state index contributed by atoms with van der Waals surface area (Å²) >= 11 is 0. The molecule has 0 aliphatic rings. The summed E-state index contributed by atoms with van der Waals surface area (Å²) in [5.74, 6) is -0.139. The maximum absolute atomic E-state index is 13.0. The number of ether oxygens (including phenoxy) is 1. The molecule has 0 amide bonds. The van der Waals surface area contributed by atoms with E-state index in [1.54, 1.807) is 0 Å². The first-order chi connectivity index (χ1) is 13.6. The van der Waals surface area contributed by atoms with Crippen LogP contribution in [0.4, 0.5) is 32.3 Å². The second-order valence-electron chi connectivity index (χ2n) is 6.43. The Morgan fingerprint density at radius 2 is 1.50 bits per heavy atom. The Morgan fingerprint density at radius 1 is 1.00 bits per heavy atom. The molecule has 0 fully saturated rings. The van der Waals surface area contributed by atoms with Crippen molar-refractivity contribution in [3.63, 3.8) is 0 Å². The summed E-state index contributed by atoms with van der Waals surface area (Å²) in [6.07, 6.45) is -6.47. The minimum atomic E-state index is -4.95. The van der Waals surface area contributed by atoms with Gasteiger partial charge in [-0.05, 0) is 30.7 Å². The third-order valence-electron chi connectivity index (χ3n) is 3.81. The highest BCUT2D eigenvalue weighted by Gasteiger charge is 2.37. The molecule has 1 aromatic carbocycles. The summed E-state index contributed by atoms with van der Waals surface area (Å²) in [4.78, 5) is 7.72. The molecule has 0 unspecified atom stereocenters. The first-order valence-corrected chi connectivity index (χ1v) is 10.4. The van der Waals surface area contributed by atoms with Gasteiger partial charge in [0.15, 0.2) is 15.6 Å². The number of halogens is 6. The van der Waals surface area contributed by atoms with Crippen LogP contribution in [0.15, 0.2) is 30.6 Å². The van der Waals surface area contributed by atoms with Crippen LogP contribution >= 0.6 is 0 Å². The van der Waals surface area contributed by atoms with Crippen molar-refractivity contribution in [2.45, 2.75) is 25.3 Å². The highest BCUT2D eigenvalue weighted by Crippen LogP contribution is 2.37. The van der Waals surface area contributed by atoms with Crippen LogP contribution < -0.4 is 10.1 Å². The Balaban J connectivity index is 2.16. The molecule has 0 aliphatic carbocycles. The number of aromatic nitrogens is 2. The normalized spacial score (nSPS) is 13.7. The molecular weight excluding hydrogens is 440 g/mol. The van der Waals surface area contributed by atoms with E-state index in [-0.39, 0.29) is 35.7 Å². The predicted molar refractivity (Wildman–Crippen MR) is 95.7 cm³/mol. The molecule has 0 saturated carbocycles. The molecule has 13 heteroatoms. The van der Waals surface area contributed by atoms with Gasteiger partial charge >= 0.3 is 12.4 Å². The van der Waals surface area contributed by atoms with Gasteiger partial charge in [0.2, 0.25) is 5.95 Å². The van der Waals surface area contributed by atoms with Gasteiger partial charge in [0, 0.05) is 6.26 Å². The highest BCUT2D eigenvalue weighted by molar-refractivity contribution is 7.90. The fourth-order valence-corrected chi connectivity index (χ4v) is 2.67. The number of alkyl halides is 6. The second-order valence-corrected chi connectivity index (χ2v) is 8.69. The number of nitrogens with one attached hydrogen (secondary N) is 1. The van der Waals surface area contributed by atoms with Gasteiger partial charge in [0.25, 0.3) is 0 Å². The van der Waals surface area contributed by atoms with E-state index in [4.69, 9.17) is 4.74 Å². The van der Waals surface area contributed by atoms with Crippen LogP contribution in [-0.2, 0) is 22.2 Å².